The maximum atomic E-state index is 13.2. The van der Waals surface area contributed by atoms with E-state index in [0.29, 0.717) is 0 Å². The number of nitrogens with one attached hydrogen (secondary N) is 2. The van der Waals surface area contributed by atoms with E-state index < -0.39 is 5.54 Å². The number of piperidine rings is 1. The molecule has 1 fully saturated rings. The second-order valence-electron chi connectivity index (χ2n) is 7.47. The van der Waals surface area contributed by atoms with Gasteiger partial charge in [0.2, 0.25) is 0 Å². The quantitative estimate of drug-likeness (QED) is 0.845. The molecule has 2 aromatic heterocycles. The van der Waals surface area contributed by atoms with Crippen LogP contribution in [0, 0.1) is 5.92 Å². The molecule has 1 aliphatic heterocycles. The topological polar surface area (TPSA) is 71.8 Å². The van der Waals surface area contributed by atoms with E-state index in [4.69, 9.17) is 4.98 Å². The summed E-state index contributed by atoms with van der Waals surface area (Å²) in [6.07, 6.45) is 11.0. The number of thiazole rings is 1. The number of carbonyl (C=O) groups excluding carboxylic acids is 1. The first-order valence-corrected chi connectivity index (χ1v) is 10.5. The molecule has 2 aromatic rings. The van der Waals surface area contributed by atoms with Crippen molar-refractivity contribution in [1.29, 1.82) is 0 Å². The Morgan fingerprint density at radius 3 is 3.04 bits per heavy atom. The van der Waals surface area contributed by atoms with Gasteiger partial charge in [-0.05, 0) is 57.2 Å². The van der Waals surface area contributed by atoms with Crippen molar-refractivity contribution in [2.45, 2.75) is 57.4 Å². The average molecular weight is 374 g/mol. The Bertz CT molecular complexity index is 748. The zero-order valence-corrected chi connectivity index (χ0v) is 16.1. The van der Waals surface area contributed by atoms with E-state index >= 15 is 0 Å². The molecule has 7 heteroatoms. The van der Waals surface area contributed by atoms with Gasteiger partial charge < -0.3 is 5.32 Å². The number of fused-ring (bicyclic) bond motifs is 1. The molecule has 1 saturated heterocycles. The Balaban J connectivity index is 1.52. The highest BCUT2D eigenvalue weighted by Crippen LogP contribution is 2.35. The van der Waals surface area contributed by atoms with Crippen LogP contribution in [-0.2, 0) is 23.2 Å². The summed E-state index contributed by atoms with van der Waals surface area (Å²) in [5, 5.41) is 11.6. The Hall–Kier alpha value is -1.73. The Kier molecular flexibility index (Phi) is 5.09. The van der Waals surface area contributed by atoms with Gasteiger partial charge in [-0.1, -0.05) is 19.8 Å². The van der Waals surface area contributed by atoms with E-state index in [1.165, 1.54) is 29.8 Å². The van der Waals surface area contributed by atoms with Crippen molar-refractivity contribution in [3.63, 3.8) is 0 Å². The molecule has 4 rings (SSSR count). The molecule has 1 aliphatic carbocycles. The van der Waals surface area contributed by atoms with Gasteiger partial charge in [0, 0.05) is 17.3 Å². The van der Waals surface area contributed by atoms with Crippen LogP contribution in [0.1, 0.15) is 49.6 Å². The second-order valence-corrected chi connectivity index (χ2v) is 8.56. The second kappa shape index (κ2) is 7.48. The van der Waals surface area contributed by atoms with E-state index in [2.05, 4.69) is 22.7 Å². The molecule has 0 bridgehead atoms. The lowest BCUT2D eigenvalue weighted by atomic mass is 9.87. The lowest BCUT2D eigenvalue weighted by Gasteiger charge is -2.36. The average Bonchev–Trinajstić information content (AvgIpc) is 3.32. The van der Waals surface area contributed by atoms with Gasteiger partial charge in [0.05, 0.1) is 5.69 Å². The van der Waals surface area contributed by atoms with Gasteiger partial charge in [-0.15, -0.1) is 11.3 Å². The molecule has 1 atom stereocenters. The maximum absolute atomic E-state index is 13.2. The van der Waals surface area contributed by atoms with Crippen LogP contribution in [-0.4, -0.2) is 33.8 Å². The zero-order valence-electron chi connectivity index (χ0n) is 15.3. The highest BCUT2D eigenvalue weighted by Gasteiger charge is 2.42. The van der Waals surface area contributed by atoms with Crippen LogP contribution in [0.15, 0.2) is 18.5 Å². The highest BCUT2D eigenvalue weighted by atomic mass is 32.1. The molecule has 3 heterocycles. The van der Waals surface area contributed by atoms with E-state index in [-0.39, 0.29) is 5.91 Å². The first-order chi connectivity index (χ1) is 12.7. The van der Waals surface area contributed by atoms with Gasteiger partial charge in [-0.2, -0.15) is 5.10 Å². The lowest BCUT2D eigenvalue weighted by molar-refractivity contribution is -0.126. The van der Waals surface area contributed by atoms with Crippen LogP contribution in [0.2, 0.25) is 0 Å². The third kappa shape index (κ3) is 3.30. The largest absolute Gasteiger partial charge is 0.317 e. The van der Waals surface area contributed by atoms with E-state index in [1.54, 1.807) is 17.5 Å². The predicted molar refractivity (Wildman–Crippen MR) is 103 cm³/mol. The van der Waals surface area contributed by atoms with Crippen LogP contribution < -0.4 is 10.6 Å². The van der Waals surface area contributed by atoms with Gasteiger partial charge in [-0.25, -0.2) is 4.98 Å². The molecule has 1 amide bonds. The van der Waals surface area contributed by atoms with Crippen LogP contribution >= 0.6 is 11.3 Å². The van der Waals surface area contributed by atoms with Crippen molar-refractivity contribution in [3.8, 4) is 0 Å². The van der Waals surface area contributed by atoms with Gasteiger partial charge >= 0.3 is 0 Å². The maximum Gasteiger partial charge on any atom is 0.254 e. The molecule has 0 aromatic carbocycles. The molecule has 140 valence electrons. The monoisotopic (exact) mass is 373 g/mol. The molecule has 2 aliphatic rings. The minimum atomic E-state index is -0.619. The van der Waals surface area contributed by atoms with E-state index in [9.17, 15) is 4.79 Å². The number of nitrogens with zero attached hydrogens (tertiary/aromatic N) is 3. The molecular formula is C19H27N5OS. The van der Waals surface area contributed by atoms with Crippen molar-refractivity contribution in [2.24, 2.45) is 5.92 Å². The summed E-state index contributed by atoms with van der Waals surface area (Å²) in [5.41, 5.74) is 0.571. The molecule has 0 saturated carbocycles. The predicted octanol–water partition coefficient (Wildman–Crippen LogP) is 2.96. The Labute approximate surface area is 158 Å². The summed E-state index contributed by atoms with van der Waals surface area (Å²) >= 11 is 1.66. The van der Waals surface area contributed by atoms with E-state index in [0.717, 1.165) is 49.8 Å². The van der Waals surface area contributed by atoms with Crippen molar-refractivity contribution < 1.29 is 4.79 Å². The highest BCUT2D eigenvalue weighted by molar-refractivity contribution is 7.15. The summed E-state index contributed by atoms with van der Waals surface area (Å²) in [4.78, 5) is 19.3. The standard InChI is InChI=1S/C19H27N5OS/c1-2-4-14-5-6-15-16(13-14)26-18(22-15)23-17(25)19(7-10-20-11-8-19)24-12-3-9-21-24/h3,9,12,14,20H,2,4-8,10-11,13H2,1H3,(H,22,23,25). The summed E-state index contributed by atoms with van der Waals surface area (Å²) in [7, 11) is 0. The molecule has 1 unspecified atom stereocenters. The lowest BCUT2D eigenvalue weighted by Crippen LogP contribution is -2.52. The third-order valence-electron chi connectivity index (χ3n) is 5.76. The van der Waals surface area contributed by atoms with Crippen LogP contribution in [0.4, 0.5) is 5.13 Å². The molecule has 6 nitrogen and oxygen atoms in total. The van der Waals surface area contributed by atoms with E-state index in [1.807, 2.05) is 16.9 Å². The van der Waals surface area contributed by atoms with Crippen molar-refractivity contribution in [1.82, 2.24) is 20.1 Å². The summed E-state index contributed by atoms with van der Waals surface area (Å²) in [6, 6.07) is 1.88. The minimum Gasteiger partial charge on any atom is -0.317 e. The van der Waals surface area contributed by atoms with Crippen molar-refractivity contribution in [2.75, 3.05) is 18.4 Å². The summed E-state index contributed by atoms with van der Waals surface area (Å²) in [5.74, 6) is 0.787. The van der Waals surface area contributed by atoms with Crippen LogP contribution in [0.3, 0.4) is 0 Å². The first-order valence-electron chi connectivity index (χ1n) is 9.72. The number of aromatic nitrogens is 3. The Morgan fingerprint density at radius 1 is 1.46 bits per heavy atom. The van der Waals surface area contributed by atoms with Crippen molar-refractivity contribution in [3.05, 3.63) is 29.0 Å². The van der Waals surface area contributed by atoms with Crippen LogP contribution in [0.5, 0.6) is 0 Å². The number of aryl methyl sites for hydroxylation is 1. The number of hydrogen-bond donors (Lipinski definition) is 2. The number of anilines is 1. The third-order valence-corrected chi connectivity index (χ3v) is 6.79. The normalized spacial score (nSPS) is 22.0. The smallest absolute Gasteiger partial charge is 0.254 e. The molecule has 0 radical (unpaired) electrons. The fourth-order valence-corrected chi connectivity index (χ4v) is 5.40. The molecule has 0 spiro atoms. The number of hydrogen-bond acceptors (Lipinski definition) is 5. The Morgan fingerprint density at radius 2 is 2.31 bits per heavy atom. The fourth-order valence-electron chi connectivity index (χ4n) is 4.29. The zero-order chi connectivity index (χ0) is 18.0. The minimum absolute atomic E-state index is 0.0129. The van der Waals surface area contributed by atoms with Gasteiger partial charge in [0.25, 0.3) is 5.91 Å². The van der Waals surface area contributed by atoms with Crippen LogP contribution in [0.25, 0.3) is 0 Å². The number of carbonyl (C=O) groups is 1. The van der Waals surface area contributed by atoms with Gasteiger partial charge in [0.1, 0.15) is 5.54 Å². The molecule has 2 N–H and O–H groups in total. The SMILES string of the molecule is CCCC1CCc2nc(NC(=O)C3(n4cccn4)CCNCC3)sc2C1. The fraction of sp³-hybridized carbons (Fsp3) is 0.632. The number of rotatable bonds is 5. The van der Waals surface area contributed by atoms with Gasteiger partial charge in [0.15, 0.2) is 5.13 Å². The first kappa shape index (κ1) is 17.7. The van der Waals surface area contributed by atoms with Gasteiger partial charge in [-0.3, -0.25) is 14.8 Å². The summed E-state index contributed by atoms with van der Waals surface area (Å²) < 4.78 is 1.83. The molecule has 26 heavy (non-hydrogen) atoms. The summed E-state index contributed by atoms with van der Waals surface area (Å²) in [6.45, 7) is 3.89. The van der Waals surface area contributed by atoms with Crippen molar-refractivity contribution >= 4 is 22.4 Å². The number of amides is 1. The molecular weight excluding hydrogens is 346 g/mol.